The molecular weight excluding hydrogens is 278 g/mol. The summed E-state index contributed by atoms with van der Waals surface area (Å²) in [4.78, 5) is 12.3. The number of rotatable bonds is 1. The van der Waals surface area contributed by atoms with Crippen molar-refractivity contribution in [3.63, 3.8) is 0 Å². The van der Waals surface area contributed by atoms with Gasteiger partial charge in [-0.3, -0.25) is 9.48 Å². The van der Waals surface area contributed by atoms with E-state index in [1.807, 2.05) is 13.8 Å². The minimum Gasteiger partial charge on any atom is -0.505 e. The normalized spacial score (nSPS) is 16.9. The summed E-state index contributed by atoms with van der Waals surface area (Å²) in [6.45, 7) is 4.26. The van der Waals surface area contributed by atoms with Crippen molar-refractivity contribution < 1.29 is 18.7 Å². The molecule has 1 N–H and O–H groups in total. The second-order valence-electron chi connectivity index (χ2n) is 5.86. The van der Waals surface area contributed by atoms with Crippen molar-refractivity contribution in [1.82, 2.24) is 9.78 Å². The van der Waals surface area contributed by atoms with Gasteiger partial charge in [-0.15, -0.1) is 0 Å². The lowest BCUT2D eigenvalue weighted by Gasteiger charge is -2.27. The number of aromatic hydroxyl groups is 1. The molecule has 1 aromatic heterocycles. The van der Waals surface area contributed by atoms with Gasteiger partial charge in [0.05, 0.1) is 5.69 Å². The Labute approximate surface area is 120 Å². The van der Waals surface area contributed by atoms with E-state index in [4.69, 9.17) is 5.11 Å². The van der Waals surface area contributed by atoms with Crippen molar-refractivity contribution in [2.75, 3.05) is 0 Å². The molecule has 2 heterocycles. The van der Waals surface area contributed by atoms with Crippen LogP contribution >= 0.6 is 0 Å². The minimum absolute atomic E-state index is 0.0628. The second-order valence-corrected chi connectivity index (χ2v) is 5.86. The first-order valence-electron chi connectivity index (χ1n) is 6.61. The lowest BCUT2D eigenvalue weighted by molar-refractivity contribution is 0.0772. The monoisotopic (exact) mass is 292 g/mol. The van der Waals surface area contributed by atoms with Crippen LogP contribution in [0.3, 0.4) is 0 Å². The Hall–Kier alpha value is -2.24. The molecule has 0 spiro atoms. The number of nitrogens with zero attached hydrogens (tertiary/aromatic N) is 2. The fourth-order valence-electron chi connectivity index (χ4n) is 2.48. The molecule has 1 aliphatic rings. The fourth-order valence-corrected chi connectivity index (χ4v) is 2.48. The van der Waals surface area contributed by atoms with Crippen LogP contribution in [0, 0.1) is 17.0 Å². The van der Waals surface area contributed by atoms with E-state index in [1.54, 1.807) is 0 Å². The third kappa shape index (κ3) is 2.02. The molecule has 110 valence electrons. The molecule has 0 unspecified atom stereocenters. The van der Waals surface area contributed by atoms with Gasteiger partial charge in [0.25, 0.3) is 0 Å². The van der Waals surface area contributed by atoms with E-state index in [0.29, 0.717) is 18.7 Å². The number of fused-ring (bicyclic) bond motifs is 1. The number of phenolic OH excluding ortho intramolecular Hbond substituents is 1. The van der Waals surface area contributed by atoms with Crippen molar-refractivity contribution in [2.45, 2.75) is 26.8 Å². The summed E-state index contributed by atoms with van der Waals surface area (Å²) in [5.41, 5.74) is 0.0332. The first-order chi connectivity index (χ1) is 9.81. The molecule has 0 radical (unpaired) electrons. The predicted molar refractivity (Wildman–Crippen MR) is 72.0 cm³/mol. The van der Waals surface area contributed by atoms with Gasteiger partial charge < -0.3 is 5.11 Å². The van der Waals surface area contributed by atoms with E-state index in [-0.39, 0.29) is 17.0 Å². The molecule has 0 aliphatic carbocycles. The largest absolute Gasteiger partial charge is 0.505 e. The maximum absolute atomic E-state index is 13.9. The first kappa shape index (κ1) is 13.7. The maximum Gasteiger partial charge on any atom is 0.201 e. The standard InChI is InChI=1S/C15H14F2N2O2/c1-15(2)5-6-19-10(14(15)21)7-9(18-19)8-3-4-11(20)13(17)12(8)16/h3-4,7,20H,5-6H2,1-2H3. The van der Waals surface area contributed by atoms with Gasteiger partial charge in [-0.05, 0) is 24.6 Å². The highest BCUT2D eigenvalue weighted by Gasteiger charge is 2.36. The summed E-state index contributed by atoms with van der Waals surface area (Å²) < 4.78 is 28.8. The number of carbonyl (C=O) groups is 1. The highest BCUT2D eigenvalue weighted by Crippen LogP contribution is 2.34. The zero-order valence-electron chi connectivity index (χ0n) is 11.7. The van der Waals surface area contributed by atoms with Crippen molar-refractivity contribution >= 4 is 5.78 Å². The van der Waals surface area contributed by atoms with Crippen LogP contribution in [0.1, 0.15) is 30.8 Å². The quantitative estimate of drug-likeness (QED) is 0.878. The van der Waals surface area contributed by atoms with Crippen LogP contribution in [0.15, 0.2) is 18.2 Å². The smallest absolute Gasteiger partial charge is 0.201 e. The zero-order valence-corrected chi connectivity index (χ0v) is 11.7. The third-order valence-corrected chi connectivity index (χ3v) is 3.91. The van der Waals surface area contributed by atoms with Crippen LogP contribution in [0.5, 0.6) is 5.75 Å². The van der Waals surface area contributed by atoms with Gasteiger partial charge in [-0.25, -0.2) is 4.39 Å². The first-order valence-corrected chi connectivity index (χ1v) is 6.61. The predicted octanol–water partition coefficient (Wildman–Crippen LogP) is 3.15. The molecule has 0 saturated carbocycles. The van der Waals surface area contributed by atoms with E-state index in [2.05, 4.69) is 5.10 Å². The van der Waals surface area contributed by atoms with Crippen LogP contribution < -0.4 is 0 Å². The van der Waals surface area contributed by atoms with Gasteiger partial charge in [-0.2, -0.15) is 9.49 Å². The van der Waals surface area contributed by atoms with Crippen molar-refractivity contribution in [3.8, 4) is 17.0 Å². The summed E-state index contributed by atoms with van der Waals surface area (Å²) in [5.74, 6) is -3.30. The fraction of sp³-hybridized carbons (Fsp3) is 0.333. The van der Waals surface area contributed by atoms with E-state index >= 15 is 0 Å². The lowest BCUT2D eigenvalue weighted by atomic mass is 9.81. The number of aryl methyl sites for hydroxylation is 1. The summed E-state index contributed by atoms with van der Waals surface area (Å²) in [6.07, 6.45) is 0.645. The number of ketones is 1. The average molecular weight is 292 g/mol. The molecule has 0 fully saturated rings. The zero-order chi connectivity index (χ0) is 15.4. The topological polar surface area (TPSA) is 55.1 Å². The number of carbonyl (C=O) groups excluding carboxylic acids is 1. The number of aromatic nitrogens is 2. The van der Waals surface area contributed by atoms with Gasteiger partial charge >= 0.3 is 0 Å². The van der Waals surface area contributed by atoms with Crippen molar-refractivity contribution in [3.05, 3.63) is 35.5 Å². The average Bonchev–Trinajstić information content (AvgIpc) is 2.85. The highest BCUT2D eigenvalue weighted by molar-refractivity contribution is 6.00. The van der Waals surface area contributed by atoms with Gasteiger partial charge in [0.15, 0.2) is 17.3 Å². The Morgan fingerprint density at radius 3 is 2.71 bits per heavy atom. The molecule has 0 amide bonds. The molecule has 21 heavy (non-hydrogen) atoms. The Bertz CT molecular complexity index is 750. The van der Waals surface area contributed by atoms with E-state index in [1.165, 1.54) is 16.8 Å². The van der Waals surface area contributed by atoms with Crippen LogP contribution in [0.4, 0.5) is 8.78 Å². The molecule has 6 heteroatoms. The van der Waals surface area contributed by atoms with E-state index in [9.17, 15) is 13.6 Å². The highest BCUT2D eigenvalue weighted by atomic mass is 19.2. The van der Waals surface area contributed by atoms with Gasteiger partial charge in [0.2, 0.25) is 5.82 Å². The number of Topliss-reactive ketones (excluding diaryl/α,β-unsaturated/α-hetero) is 1. The Kier molecular flexibility index (Phi) is 2.86. The number of hydrogen-bond donors (Lipinski definition) is 1. The SMILES string of the molecule is CC1(C)CCn2nc(-c3ccc(O)c(F)c3F)cc2C1=O. The molecule has 1 aliphatic heterocycles. The molecule has 0 saturated heterocycles. The summed E-state index contributed by atoms with van der Waals surface area (Å²) in [6, 6.07) is 3.79. The molecule has 3 rings (SSSR count). The summed E-state index contributed by atoms with van der Waals surface area (Å²) in [5, 5.41) is 13.3. The minimum atomic E-state index is -1.31. The lowest BCUT2D eigenvalue weighted by Crippen LogP contribution is -2.33. The molecule has 2 aromatic rings. The van der Waals surface area contributed by atoms with Crippen LogP contribution in [0.25, 0.3) is 11.3 Å². The Morgan fingerprint density at radius 2 is 2.00 bits per heavy atom. The van der Waals surface area contributed by atoms with Gasteiger partial charge in [0.1, 0.15) is 5.69 Å². The number of hydrogen-bond acceptors (Lipinski definition) is 3. The molecule has 1 aromatic carbocycles. The van der Waals surface area contributed by atoms with Crippen LogP contribution in [-0.4, -0.2) is 20.7 Å². The Balaban J connectivity index is 2.12. The molecule has 0 atom stereocenters. The van der Waals surface area contributed by atoms with Crippen LogP contribution in [-0.2, 0) is 6.54 Å². The third-order valence-electron chi connectivity index (χ3n) is 3.91. The molecule has 4 nitrogen and oxygen atoms in total. The maximum atomic E-state index is 13.9. The molecule has 0 bridgehead atoms. The second kappa shape index (κ2) is 4.38. The summed E-state index contributed by atoms with van der Waals surface area (Å²) >= 11 is 0. The van der Waals surface area contributed by atoms with Gasteiger partial charge in [0, 0.05) is 17.5 Å². The van der Waals surface area contributed by atoms with E-state index < -0.39 is 22.8 Å². The number of phenols is 1. The number of benzene rings is 1. The van der Waals surface area contributed by atoms with E-state index in [0.717, 1.165) is 6.07 Å². The van der Waals surface area contributed by atoms with Crippen molar-refractivity contribution in [2.24, 2.45) is 5.41 Å². The van der Waals surface area contributed by atoms with Gasteiger partial charge in [-0.1, -0.05) is 13.8 Å². The summed E-state index contributed by atoms with van der Waals surface area (Å²) in [7, 11) is 0. The Morgan fingerprint density at radius 1 is 1.29 bits per heavy atom. The van der Waals surface area contributed by atoms with Crippen LogP contribution in [0.2, 0.25) is 0 Å². The van der Waals surface area contributed by atoms with Crippen molar-refractivity contribution in [1.29, 1.82) is 0 Å². The number of halogens is 2. The molecular formula is C15H14F2N2O2.